The molecule has 114 valence electrons. The molecular formula is C15H18N6O. The highest BCUT2D eigenvalue weighted by Crippen LogP contribution is 2.26. The number of nitrogens with zero attached hydrogens (tertiary/aromatic N) is 5. The highest BCUT2D eigenvalue weighted by molar-refractivity contribution is 5.73. The van der Waals surface area contributed by atoms with Gasteiger partial charge in [-0.25, -0.2) is 9.97 Å². The van der Waals surface area contributed by atoms with Crippen molar-refractivity contribution in [1.82, 2.24) is 24.8 Å². The molecule has 1 amide bonds. The number of amides is 1. The van der Waals surface area contributed by atoms with Crippen LogP contribution in [0, 0.1) is 0 Å². The molecule has 7 nitrogen and oxygen atoms in total. The minimum Gasteiger partial charge on any atom is -0.342 e. The molecule has 3 heterocycles. The first-order valence-electron chi connectivity index (χ1n) is 7.33. The first-order valence-corrected chi connectivity index (χ1v) is 7.33. The number of aromatic nitrogens is 4. The predicted molar refractivity (Wildman–Crippen MR) is 81.6 cm³/mol. The molecule has 7 heteroatoms. The number of carbonyl (C=O) groups is 1. The number of hydrogen-bond donors (Lipinski definition) is 1. The quantitative estimate of drug-likeness (QED) is 0.929. The predicted octanol–water partition coefficient (Wildman–Crippen LogP) is 1.74. The van der Waals surface area contributed by atoms with Crippen LogP contribution < -0.4 is 5.32 Å². The maximum absolute atomic E-state index is 11.5. The molecule has 3 rings (SSSR count). The Balaban J connectivity index is 1.75. The molecule has 0 aromatic carbocycles. The number of carbonyl (C=O) groups excluding carboxylic acids is 1. The molecule has 0 unspecified atom stereocenters. The van der Waals surface area contributed by atoms with E-state index >= 15 is 0 Å². The van der Waals surface area contributed by atoms with Crippen molar-refractivity contribution in [3.63, 3.8) is 0 Å². The van der Waals surface area contributed by atoms with Crippen molar-refractivity contribution in [2.45, 2.75) is 25.7 Å². The summed E-state index contributed by atoms with van der Waals surface area (Å²) in [5, 5.41) is 3.09. The molecule has 0 radical (unpaired) electrons. The molecule has 2 aromatic heterocycles. The van der Waals surface area contributed by atoms with E-state index in [1.807, 2.05) is 4.90 Å². The third-order valence-corrected chi connectivity index (χ3v) is 3.76. The molecule has 1 aliphatic heterocycles. The second-order valence-corrected chi connectivity index (χ2v) is 5.35. The molecule has 0 spiro atoms. The van der Waals surface area contributed by atoms with Crippen LogP contribution >= 0.6 is 0 Å². The van der Waals surface area contributed by atoms with Gasteiger partial charge in [-0.15, -0.1) is 0 Å². The molecule has 0 saturated carbocycles. The van der Waals surface area contributed by atoms with Gasteiger partial charge in [-0.05, 0) is 12.8 Å². The summed E-state index contributed by atoms with van der Waals surface area (Å²) in [6.45, 7) is 3.15. The normalized spacial score (nSPS) is 18.0. The van der Waals surface area contributed by atoms with Gasteiger partial charge in [0.1, 0.15) is 11.6 Å². The number of nitrogens with one attached hydrogen (secondary N) is 1. The molecule has 1 fully saturated rings. The fourth-order valence-electron chi connectivity index (χ4n) is 2.64. The third-order valence-electron chi connectivity index (χ3n) is 3.76. The second-order valence-electron chi connectivity index (χ2n) is 5.35. The Kier molecular flexibility index (Phi) is 4.22. The van der Waals surface area contributed by atoms with E-state index in [-0.39, 0.29) is 11.8 Å². The first kappa shape index (κ1) is 14.4. The van der Waals surface area contributed by atoms with Crippen LogP contribution in [-0.2, 0) is 4.79 Å². The topological polar surface area (TPSA) is 83.9 Å². The minimum absolute atomic E-state index is 0.117. The van der Waals surface area contributed by atoms with Crippen LogP contribution in [0.3, 0.4) is 0 Å². The monoisotopic (exact) mass is 298 g/mol. The standard InChI is InChI=1S/C15H18N6O/c1-11(22)21-6-2-3-12(10-21)13-7-17-9-15(19-13)20-14-8-16-4-5-18-14/h4-5,7-9,12H,2-3,6,10H2,1H3,(H,18,19,20)/t12-/m1/s1. The average molecular weight is 298 g/mol. The van der Waals surface area contributed by atoms with Gasteiger partial charge >= 0.3 is 0 Å². The molecule has 1 aliphatic rings. The van der Waals surface area contributed by atoms with Crippen LogP contribution in [0.5, 0.6) is 0 Å². The van der Waals surface area contributed by atoms with E-state index in [0.717, 1.165) is 25.1 Å². The van der Waals surface area contributed by atoms with E-state index in [4.69, 9.17) is 0 Å². The summed E-state index contributed by atoms with van der Waals surface area (Å²) in [7, 11) is 0. The lowest BCUT2D eigenvalue weighted by Crippen LogP contribution is -2.37. The number of hydrogen-bond acceptors (Lipinski definition) is 6. The Morgan fingerprint density at radius 1 is 1.23 bits per heavy atom. The van der Waals surface area contributed by atoms with Crippen LogP contribution in [0.4, 0.5) is 11.6 Å². The summed E-state index contributed by atoms with van der Waals surface area (Å²) in [6.07, 6.45) is 10.3. The zero-order valence-corrected chi connectivity index (χ0v) is 12.4. The van der Waals surface area contributed by atoms with Gasteiger partial charge in [0.05, 0.1) is 18.1 Å². The SMILES string of the molecule is CC(=O)N1CCC[C@@H](c2cncc(Nc3cnccn3)n2)C1. The highest BCUT2D eigenvalue weighted by Gasteiger charge is 2.24. The van der Waals surface area contributed by atoms with Gasteiger partial charge in [-0.1, -0.05) is 0 Å². The zero-order chi connectivity index (χ0) is 15.4. The molecule has 0 aliphatic carbocycles. The van der Waals surface area contributed by atoms with Crippen LogP contribution in [0.25, 0.3) is 0 Å². The maximum Gasteiger partial charge on any atom is 0.219 e. The summed E-state index contributed by atoms with van der Waals surface area (Å²) in [5.41, 5.74) is 0.903. The average Bonchev–Trinajstić information content (AvgIpc) is 2.56. The molecule has 1 saturated heterocycles. The Bertz CT molecular complexity index is 647. The summed E-state index contributed by atoms with van der Waals surface area (Å²) in [4.78, 5) is 30.4. The maximum atomic E-state index is 11.5. The van der Waals surface area contributed by atoms with Crippen molar-refractivity contribution >= 4 is 17.5 Å². The summed E-state index contributed by atoms with van der Waals surface area (Å²) >= 11 is 0. The van der Waals surface area contributed by atoms with Gasteiger partial charge in [-0.3, -0.25) is 14.8 Å². The van der Waals surface area contributed by atoms with E-state index in [9.17, 15) is 4.79 Å². The highest BCUT2D eigenvalue weighted by atomic mass is 16.2. The summed E-state index contributed by atoms with van der Waals surface area (Å²) in [6, 6.07) is 0. The number of piperidine rings is 1. The first-order chi connectivity index (χ1) is 10.7. The van der Waals surface area contributed by atoms with E-state index < -0.39 is 0 Å². The lowest BCUT2D eigenvalue weighted by Gasteiger charge is -2.31. The fraction of sp³-hybridized carbons (Fsp3) is 0.400. The molecule has 1 N–H and O–H groups in total. The van der Waals surface area contributed by atoms with Crippen molar-refractivity contribution in [3.05, 3.63) is 36.7 Å². The van der Waals surface area contributed by atoms with Gasteiger partial charge < -0.3 is 10.2 Å². The molecule has 2 aromatic rings. The van der Waals surface area contributed by atoms with Gasteiger partial charge in [0.15, 0.2) is 0 Å². The smallest absolute Gasteiger partial charge is 0.219 e. The molecule has 1 atom stereocenters. The lowest BCUT2D eigenvalue weighted by atomic mass is 9.95. The Morgan fingerprint density at radius 2 is 2.09 bits per heavy atom. The Morgan fingerprint density at radius 3 is 2.86 bits per heavy atom. The summed E-state index contributed by atoms with van der Waals surface area (Å²) in [5.74, 6) is 1.61. The van der Waals surface area contributed by atoms with Crippen LogP contribution in [0.2, 0.25) is 0 Å². The second kappa shape index (κ2) is 6.46. The third kappa shape index (κ3) is 3.36. The van der Waals surface area contributed by atoms with Crippen molar-refractivity contribution in [2.75, 3.05) is 18.4 Å². The van der Waals surface area contributed by atoms with Gasteiger partial charge in [-0.2, -0.15) is 0 Å². The number of likely N-dealkylation sites (tertiary alicyclic amines) is 1. The Labute approximate surface area is 128 Å². The van der Waals surface area contributed by atoms with E-state index in [1.54, 1.807) is 37.9 Å². The van der Waals surface area contributed by atoms with Crippen LogP contribution in [-0.4, -0.2) is 43.8 Å². The van der Waals surface area contributed by atoms with Crippen molar-refractivity contribution in [2.24, 2.45) is 0 Å². The van der Waals surface area contributed by atoms with Gasteiger partial charge in [0.25, 0.3) is 0 Å². The van der Waals surface area contributed by atoms with Crippen molar-refractivity contribution < 1.29 is 4.79 Å². The van der Waals surface area contributed by atoms with E-state index in [2.05, 4.69) is 25.3 Å². The van der Waals surface area contributed by atoms with E-state index in [1.165, 1.54) is 0 Å². The fourth-order valence-corrected chi connectivity index (χ4v) is 2.64. The molecule has 0 bridgehead atoms. The van der Waals surface area contributed by atoms with Crippen LogP contribution in [0.15, 0.2) is 31.0 Å². The lowest BCUT2D eigenvalue weighted by molar-refractivity contribution is -0.130. The molecule has 22 heavy (non-hydrogen) atoms. The Hall–Kier alpha value is -2.57. The zero-order valence-electron chi connectivity index (χ0n) is 12.4. The minimum atomic E-state index is 0.117. The van der Waals surface area contributed by atoms with Crippen molar-refractivity contribution in [1.29, 1.82) is 0 Å². The van der Waals surface area contributed by atoms with E-state index in [0.29, 0.717) is 18.2 Å². The van der Waals surface area contributed by atoms with Crippen molar-refractivity contribution in [3.8, 4) is 0 Å². The largest absolute Gasteiger partial charge is 0.342 e. The van der Waals surface area contributed by atoms with Crippen LogP contribution in [0.1, 0.15) is 31.4 Å². The number of rotatable bonds is 3. The van der Waals surface area contributed by atoms with Gasteiger partial charge in [0, 0.05) is 44.5 Å². The summed E-state index contributed by atoms with van der Waals surface area (Å²) < 4.78 is 0. The van der Waals surface area contributed by atoms with Gasteiger partial charge in [0.2, 0.25) is 5.91 Å². The molecular weight excluding hydrogens is 280 g/mol. The number of anilines is 2.